The Morgan fingerprint density at radius 3 is 2.38 bits per heavy atom. The molecule has 1 aliphatic rings. The molecule has 1 unspecified atom stereocenters. The third-order valence-electron chi connectivity index (χ3n) is 2.31. The van der Waals surface area contributed by atoms with Gasteiger partial charge in [-0.2, -0.15) is 0 Å². The zero-order valence-electron chi connectivity index (χ0n) is 7.80. The van der Waals surface area contributed by atoms with E-state index in [2.05, 4.69) is 4.74 Å². The van der Waals surface area contributed by atoms with Gasteiger partial charge in [0.2, 0.25) is 0 Å². The molecule has 0 saturated carbocycles. The van der Waals surface area contributed by atoms with Crippen molar-refractivity contribution in [2.75, 3.05) is 0 Å². The third-order valence-corrected chi connectivity index (χ3v) is 2.31. The number of ether oxygens (including phenoxy) is 1. The summed E-state index contributed by atoms with van der Waals surface area (Å²) in [5, 5.41) is 0. The normalized spacial score (nSPS) is 20.1. The molecule has 84 valence electrons. The molecule has 1 saturated heterocycles. The summed E-state index contributed by atoms with van der Waals surface area (Å²) in [7, 11) is 0. The van der Waals surface area contributed by atoms with Crippen LogP contribution in [0.4, 0.5) is 13.2 Å². The molecule has 1 aromatic rings. The van der Waals surface area contributed by atoms with Gasteiger partial charge in [0, 0.05) is 5.56 Å². The van der Waals surface area contributed by atoms with Gasteiger partial charge in [0.25, 0.3) is 0 Å². The number of hydrogen-bond donors (Lipinski definition) is 0. The highest BCUT2D eigenvalue weighted by Crippen LogP contribution is 2.30. The first kappa shape index (κ1) is 10.7. The van der Waals surface area contributed by atoms with Gasteiger partial charge in [0.1, 0.15) is 0 Å². The number of benzene rings is 1. The molecule has 2 rings (SSSR count). The summed E-state index contributed by atoms with van der Waals surface area (Å²) in [6, 6.07) is 1.63. The summed E-state index contributed by atoms with van der Waals surface area (Å²) in [6.07, 6.45) is -0.360. The number of rotatable bonds is 1. The average molecular weight is 230 g/mol. The summed E-state index contributed by atoms with van der Waals surface area (Å²) in [6.45, 7) is 0. The van der Waals surface area contributed by atoms with Crippen LogP contribution in [0, 0.1) is 17.5 Å². The topological polar surface area (TPSA) is 43.4 Å². The number of cyclic esters (lactones) is 2. The van der Waals surface area contributed by atoms with Gasteiger partial charge >= 0.3 is 11.9 Å². The zero-order chi connectivity index (χ0) is 11.9. The molecule has 1 heterocycles. The Labute approximate surface area is 87.8 Å². The number of carbonyl (C=O) groups excluding carboxylic acids is 2. The predicted octanol–water partition coefficient (Wildman–Crippen LogP) is 1.66. The minimum Gasteiger partial charge on any atom is -0.393 e. The van der Waals surface area contributed by atoms with Crippen LogP contribution >= 0.6 is 0 Å². The van der Waals surface area contributed by atoms with Crippen molar-refractivity contribution >= 4 is 11.9 Å². The van der Waals surface area contributed by atoms with Crippen molar-refractivity contribution in [3.05, 3.63) is 35.1 Å². The maximum absolute atomic E-state index is 13.3. The van der Waals surface area contributed by atoms with Crippen LogP contribution in [0.25, 0.3) is 0 Å². The van der Waals surface area contributed by atoms with Crippen molar-refractivity contribution in [1.82, 2.24) is 0 Å². The van der Waals surface area contributed by atoms with Crippen molar-refractivity contribution < 1.29 is 27.5 Å². The molecule has 1 fully saturated rings. The molecule has 0 spiro atoms. The van der Waals surface area contributed by atoms with E-state index in [1.54, 1.807) is 0 Å². The quantitative estimate of drug-likeness (QED) is 0.418. The van der Waals surface area contributed by atoms with Crippen LogP contribution in [0.5, 0.6) is 0 Å². The van der Waals surface area contributed by atoms with E-state index in [-0.39, 0.29) is 12.0 Å². The molecular formula is C10H5F3O3. The van der Waals surface area contributed by atoms with Gasteiger partial charge in [-0.25, -0.2) is 13.2 Å². The lowest BCUT2D eigenvalue weighted by Crippen LogP contribution is -2.09. The lowest BCUT2D eigenvalue weighted by atomic mass is 9.97. The van der Waals surface area contributed by atoms with Crippen LogP contribution in [0.2, 0.25) is 0 Å². The van der Waals surface area contributed by atoms with Crippen LogP contribution in [0.15, 0.2) is 12.1 Å². The van der Waals surface area contributed by atoms with Crippen LogP contribution in [-0.4, -0.2) is 11.9 Å². The lowest BCUT2D eigenvalue weighted by molar-refractivity contribution is -0.152. The first-order valence-electron chi connectivity index (χ1n) is 4.38. The van der Waals surface area contributed by atoms with Crippen LogP contribution in [-0.2, 0) is 14.3 Å². The fourth-order valence-corrected chi connectivity index (χ4v) is 1.52. The lowest BCUT2D eigenvalue weighted by Gasteiger charge is -2.07. The Hall–Kier alpha value is -1.85. The Balaban J connectivity index is 2.45. The summed E-state index contributed by atoms with van der Waals surface area (Å²) < 4.78 is 43.0. The van der Waals surface area contributed by atoms with E-state index in [0.29, 0.717) is 6.07 Å². The second-order valence-corrected chi connectivity index (χ2v) is 3.31. The second-order valence-electron chi connectivity index (χ2n) is 3.31. The summed E-state index contributed by atoms with van der Waals surface area (Å²) in [5.74, 6) is -7.42. The fraction of sp³-hybridized carbons (Fsp3) is 0.200. The average Bonchev–Trinajstić information content (AvgIpc) is 2.55. The highest BCUT2D eigenvalue weighted by molar-refractivity contribution is 5.97. The highest BCUT2D eigenvalue weighted by atomic mass is 19.2. The molecule has 0 N–H and O–H groups in total. The largest absolute Gasteiger partial charge is 0.393 e. The molecule has 1 atom stereocenters. The Kier molecular flexibility index (Phi) is 2.41. The molecule has 0 aromatic heterocycles. The number of halogens is 3. The van der Waals surface area contributed by atoms with E-state index in [1.165, 1.54) is 0 Å². The van der Waals surface area contributed by atoms with Gasteiger partial charge in [-0.15, -0.1) is 0 Å². The maximum Gasteiger partial charge on any atom is 0.321 e. The van der Waals surface area contributed by atoms with Gasteiger partial charge in [-0.05, 0) is 6.07 Å². The van der Waals surface area contributed by atoms with E-state index in [4.69, 9.17) is 0 Å². The number of carbonyl (C=O) groups is 2. The van der Waals surface area contributed by atoms with Gasteiger partial charge in [0.15, 0.2) is 17.5 Å². The Bertz CT molecular complexity index is 484. The molecule has 3 nitrogen and oxygen atoms in total. The standard InChI is InChI=1S/C10H5F3O3/c11-6-2-1-4(8(12)9(6)13)5-3-7(14)16-10(5)15/h1-2,5H,3H2. The Morgan fingerprint density at radius 1 is 1.12 bits per heavy atom. The van der Waals surface area contributed by atoms with E-state index < -0.39 is 35.3 Å². The van der Waals surface area contributed by atoms with Crippen molar-refractivity contribution in [2.24, 2.45) is 0 Å². The van der Waals surface area contributed by atoms with Crippen LogP contribution in [0.3, 0.4) is 0 Å². The third kappa shape index (κ3) is 1.56. The monoisotopic (exact) mass is 230 g/mol. The molecule has 1 aliphatic heterocycles. The minimum atomic E-state index is -1.66. The first-order chi connectivity index (χ1) is 7.50. The molecule has 0 bridgehead atoms. The van der Waals surface area contributed by atoms with E-state index >= 15 is 0 Å². The number of esters is 2. The van der Waals surface area contributed by atoms with Gasteiger partial charge in [-0.3, -0.25) is 9.59 Å². The maximum atomic E-state index is 13.3. The SMILES string of the molecule is O=C1CC(c2ccc(F)c(F)c2F)C(=O)O1. The molecule has 0 amide bonds. The molecule has 1 aromatic carbocycles. The first-order valence-corrected chi connectivity index (χ1v) is 4.38. The van der Waals surface area contributed by atoms with Gasteiger partial charge < -0.3 is 4.74 Å². The van der Waals surface area contributed by atoms with Crippen LogP contribution in [0.1, 0.15) is 17.9 Å². The number of hydrogen-bond acceptors (Lipinski definition) is 3. The van der Waals surface area contributed by atoms with Crippen molar-refractivity contribution in [1.29, 1.82) is 0 Å². The van der Waals surface area contributed by atoms with Crippen molar-refractivity contribution in [2.45, 2.75) is 12.3 Å². The van der Waals surface area contributed by atoms with Gasteiger partial charge in [0.05, 0.1) is 12.3 Å². The summed E-state index contributed by atoms with van der Waals surface area (Å²) in [4.78, 5) is 21.9. The van der Waals surface area contributed by atoms with E-state index in [1.807, 2.05) is 0 Å². The molecule has 6 heteroatoms. The zero-order valence-corrected chi connectivity index (χ0v) is 7.80. The minimum absolute atomic E-state index is 0.360. The fourth-order valence-electron chi connectivity index (χ4n) is 1.52. The predicted molar refractivity (Wildman–Crippen MR) is 44.8 cm³/mol. The highest BCUT2D eigenvalue weighted by Gasteiger charge is 2.37. The molecule has 16 heavy (non-hydrogen) atoms. The van der Waals surface area contributed by atoms with E-state index in [0.717, 1.165) is 6.07 Å². The van der Waals surface area contributed by atoms with Crippen molar-refractivity contribution in [3.8, 4) is 0 Å². The summed E-state index contributed by atoms with van der Waals surface area (Å²) in [5.41, 5.74) is -0.366. The van der Waals surface area contributed by atoms with Crippen LogP contribution < -0.4 is 0 Å². The van der Waals surface area contributed by atoms with Gasteiger partial charge in [-0.1, -0.05) is 6.07 Å². The second kappa shape index (κ2) is 3.62. The summed E-state index contributed by atoms with van der Waals surface area (Å²) >= 11 is 0. The van der Waals surface area contributed by atoms with Crippen molar-refractivity contribution in [3.63, 3.8) is 0 Å². The molecule has 0 radical (unpaired) electrons. The van der Waals surface area contributed by atoms with E-state index in [9.17, 15) is 22.8 Å². The molecular weight excluding hydrogens is 225 g/mol. The molecule has 0 aliphatic carbocycles. The Morgan fingerprint density at radius 2 is 1.81 bits per heavy atom. The smallest absolute Gasteiger partial charge is 0.321 e.